The Bertz CT molecular complexity index is 1260. The summed E-state index contributed by atoms with van der Waals surface area (Å²) in [5.74, 6) is -2.21. The first-order chi connectivity index (χ1) is 18.7. The highest BCUT2D eigenvalue weighted by Crippen LogP contribution is 2.38. The zero-order valence-corrected chi connectivity index (χ0v) is 23.5. The van der Waals surface area contributed by atoms with Crippen LogP contribution in [0.25, 0.3) is 0 Å². The topological polar surface area (TPSA) is 87.7 Å². The number of alkyl halides is 3. The van der Waals surface area contributed by atoms with Crippen LogP contribution in [0.1, 0.15) is 56.8 Å². The number of benzene rings is 2. The minimum Gasteiger partial charge on any atom is -0.404 e. The first-order valence-corrected chi connectivity index (χ1v) is 13.7. The van der Waals surface area contributed by atoms with Gasteiger partial charge in [-0.3, -0.25) is 14.4 Å². The quantitative estimate of drug-likeness (QED) is 0.463. The third-order valence-electron chi connectivity index (χ3n) is 7.16. The standard InChI is InChI=1S/C29H33ClF3N3O4/c1-15(2)11-22-26(37)35-24(20-12-17-7-5-6-8-18(17)13-20)28(39)36(22)25(27(38)34-16(3)4)19-9-10-23(21(30)14-19)40-29(31,32)33/h5-10,14-16,20,22,24-25H,11-13H2,1-4H3,(H,34,38)(H,35,37)/t22-,24-,25-/m1/s1. The van der Waals surface area contributed by atoms with Gasteiger partial charge in [0.25, 0.3) is 0 Å². The minimum atomic E-state index is -4.96. The van der Waals surface area contributed by atoms with Crippen molar-refractivity contribution in [2.75, 3.05) is 0 Å². The summed E-state index contributed by atoms with van der Waals surface area (Å²) in [6.45, 7) is 7.30. The highest BCUT2D eigenvalue weighted by Gasteiger charge is 2.49. The van der Waals surface area contributed by atoms with E-state index >= 15 is 0 Å². The van der Waals surface area contributed by atoms with Crippen molar-refractivity contribution in [2.45, 2.75) is 77.5 Å². The van der Waals surface area contributed by atoms with Crippen LogP contribution in [-0.4, -0.2) is 47.1 Å². The number of nitrogens with zero attached hydrogens (tertiary/aromatic N) is 1. The Morgan fingerprint density at radius 1 is 1.10 bits per heavy atom. The van der Waals surface area contributed by atoms with Gasteiger partial charge in [0.05, 0.1) is 5.02 Å². The number of amides is 3. The van der Waals surface area contributed by atoms with E-state index in [0.29, 0.717) is 12.8 Å². The molecule has 40 heavy (non-hydrogen) atoms. The van der Waals surface area contributed by atoms with Gasteiger partial charge in [-0.2, -0.15) is 0 Å². The maximum absolute atomic E-state index is 14.3. The highest BCUT2D eigenvalue weighted by atomic mass is 35.5. The number of carbonyl (C=O) groups is 3. The molecule has 7 nitrogen and oxygen atoms in total. The van der Waals surface area contributed by atoms with E-state index in [1.807, 2.05) is 38.1 Å². The normalized spacial score (nSPS) is 20.5. The predicted molar refractivity (Wildman–Crippen MR) is 144 cm³/mol. The molecule has 1 fully saturated rings. The zero-order chi connectivity index (χ0) is 29.4. The van der Waals surface area contributed by atoms with E-state index in [2.05, 4.69) is 15.4 Å². The largest absolute Gasteiger partial charge is 0.573 e. The molecule has 2 aliphatic rings. The van der Waals surface area contributed by atoms with E-state index in [1.54, 1.807) is 13.8 Å². The molecule has 0 saturated carbocycles. The molecule has 0 spiro atoms. The smallest absolute Gasteiger partial charge is 0.404 e. The molecule has 1 aliphatic heterocycles. The van der Waals surface area contributed by atoms with Gasteiger partial charge in [-0.25, -0.2) is 0 Å². The van der Waals surface area contributed by atoms with Crippen LogP contribution in [0.4, 0.5) is 13.2 Å². The van der Waals surface area contributed by atoms with E-state index in [0.717, 1.165) is 17.2 Å². The molecule has 3 atom stereocenters. The van der Waals surface area contributed by atoms with Gasteiger partial charge in [-0.15, -0.1) is 13.2 Å². The van der Waals surface area contributed by atoms with Crippen molar-refractivity contribution in [3.8, 4) is 5.75 Å². The van der Waals surface area contributed by atoms with E-state index in [1.165, 1.54) is 17.0 Å². The molecule has 2 N–H and O–H groups in total. The van der Waals surface area contributed by atoms with Crippen molar-refractivity contribution in [3.05, 3.63) is 64.2 Å². The number of hydrogen-bond acceptors (Lipinski definition) is 4. The molecule has 2 aromatic rings. The second-order valence-corrected chi connectivity index (χ2v) is 11.5. The molecule has 0 aromatic heterocycles. The summed E-state index contributed by atoms with van der Waals surface area (Å²) in [6, 6.07) is 7.84. The molecule has 1 heterocycles. The molecule has 1 saturated heterocycles. The van der Waals surface area contributed by atoms with Gasteiger partial charge in [0.1, 0.15) is 23.9 Å². The molecule has 1 aliphatic carbocycles. The number of piperazine rings is 1. The molecular formula is C29H33ClF3N3O4. The minimum absolute atomic E-state index is 0.00158. The Balaban J connectivity index is 1.77. The first-order valence-electron chi connectivity index (χ1n) is 13.3. The SMILES string of the molecule is CC(C)C[C@@H]1C(=O)N[C@H](C2Cc3ccccc3C2)C(=O)N1[C@@H](C(=O)NC(C)C)c1ccc(OC(F)(F)F)c(Cl)c1. The highest BCUT2D eigenvalue weighted by molar-refractivity contribution is 6.32. The van der Waals surface area contributed by atoms with Crippen molar-refractivity contribution in [2.24, 2.45) is 11.8 Å². The Labute approximate surface area is 236 Å². The third-order valence-corrected chi connectivity index (χ3v) is 7.46. The van der Waals surface area contributed by atoms with Gasteiger partial charge in [0, 0.05) is 6.04 Å². The van der Waals surface area contributed by atoms with E-state index in [-0.39, 0.29) is 40.8 Å². The summed E-state index contributed by atoms with van der Waals surface area (Å²) in [7, 11) is 0. The van der Waals surface area contributed by atoms with Gasteiger partial charge >= 0.3 is 6.36 Å². The van der Waals surface area contributed by atoms with Gasteiger partial charge < -0.3 is 20.3 Å². The molecular weight excluding hydrogens is 547 g/mol. The first kappa shape index (κ1) is 29.7. The third kappa shape index (κ3) is 6.54. The number of hydrogen-bond donors (Lipinski definition) is 2. The lowest BCUT2D eigenvalue weighted by molar-refractivity contribution is -0.274. The maximum atomic E-state index is 14.3. The maximum Gasteiger partial charge on any atom is 0.573 e. The zero-order valence-electron chi connectivity index (χ0n) is 22.7. The van der Waals surface area contributed by atoms with Crippen molar-refractivity contribution in [1.29, 1.82) is 0 Å². The number of rotatable bonds is 8. The van der Waals surface area contributed by atoms with E-state index in [4.69, 9.17) is 11.6 Å². The van der Waals surface area contributed by atoms with Gasteiger partial charge in [-0.05, 0) is 73.8 Å². The fourth-order valence-corrected chi connectivity index (χ4v) is 5.80. The predicted octanol–water partition coefficient (Wildman–Crippen LogP) is 4.96. The fourth-order valence-electron chi connectivity index (χ4n) is 5.57. The van der Waals surface area contributed by atoms with Crippen molar-refractivity contribution < 1.29 is 32.3 Å². The lowest BCUT2D eigenvalue weighted by Crippen LogP contribution is -2.67. The monoisotopic (exact) mass is 579 g/mol. The van der Waals surface area contributed by atoms with E-state index < -0.39 is 42.1 Å². The Morgan fingerprint density at radius 2 is 1.73 bits per heavy atom. The lowest BCUT2D eigenvalue weighted by atomic mass is 9.88. The van der Waals surface area contributed by atoms with Crippen molar-refractivity contribution in [3.63, 3.8) is 0 Å². The Kier molecular flexibility index (Phi) is 8.68. The van der Waals surface area contributed by atoms with Crippen LogP contribution in [0.15, 0.2) is 42.5 Å². The summed E-state index contributed by atoms with van der Waals surface area (Å²) in [5, 5.41) is 5.35. The summed E-state index contributed by atoms with van der Waals surface area (Å²) in [6.07, 6.45) is -3.50. The molecule has 3 amide bonds. The molecule has 0 bridgehead atoms. The molecule has 4 rings (SSSR count). The lowest BCUT2D eigenvalue weighted by Gasteiger charge is -2.45. The number of ether oxygens (including phenoxy) is 1. The molecule has 2 aromatic carbocycles. The van der Waals surface area contributed by atoms with Crippen LogP contribution in [-0.2, 0) is 27.2 Å². The van der Waals surface area contributed by atoms with Crippen LogP contribution in [0, 0.1) is 11.8 Å². The summed E-state index contributed by atoms with van der Waals surface area (Å²) in [5.41, 5.74) is 2.38. The van der Waals surface area contributed by atoms with Gasteiger partial charge in [0.15, 0.2) is 0 Å². The number of nitrogens with one attached hydrogen (secondary N) is 2. The molecule has 0 unspecified atom stereocenters. The van der Waals surface area contributed by atoms with Gasteiger partial charge in [-0.1, -0.05) is 55.8 Å². The van der Waals surface area contributed by atoms with Crippen LogP contribution < -0.4 is 15.4 Å². The van der Waals surface area contributed by atoms with Gasteiger partial charge in [0.2, 0.25) is 17.7 Å². The van der Waals surface area contributed by atoms with Crippen LogP contribution in [0.3, 0.4) is 0 Å². The van der Waals surface area contributed by atoms with Crippen LogP contribution >= 0.6 is 11.6 Å². The summed E-state index contributed by atoms with van der Waals surface area (Å²) >= 11 is 6.16. The molecule has 0 radical (unpaired) electrons. The van der Waals surface area contributed by atoms with Crippen LogP contribution in [0.5, 0.6) is 5.75 Å². The molecule has 11 heteroatoms. The second-order valence-electron chi connectivity index (χ2n) is 11.1. The Hall–Kier alpha value is -3.27. The summed E-state index contributed by atoms with van der Waals surface area (Å²) < 4.78 is 42.6. The average Bonchev–Trinajstić information content (AvgIpc) is 3.27. The number of carbonyl (C=O) groups excluding carboxylic acids is 3. The van der Waals surface area contributed by atoms with Crippen molar-refractivity contribution >= 4 is 29.3 Å². The average molecular weight is 580 g/mol. The second kappa shape index (κ2) is 11.7. The summed E-state index contributed by atoms with van der Waals surface area (Å²) in [4.78, 5) is 42.8. The Morgan fingerprint density at radius 3 is 2.25 bits per heavy atom. The van der Waals surface area contributed by atoms with Crippen LogP contribution in [0.2, 0.25) is 5.02 Å². The van der Waals surface area contributed by atoms with E-state index in [9.17, 15) is 27.6 Å². The molecule has 216 valence electrons. The fraction of sp³-hybridized carbons (Fsp3) is 0.483. The number of halogens is 4. The number of fused-ring (bicyclic) bond motifs is 1. The van der Waals surface area contributed by atoms with Crippen molar-refractivity contribution in [1.82, 2.24) is 15.5 Å².